The van der Waals surface area contributed by atoms with E-state index in [-0.39, 0.29) is 17.1 Å². The largest absolute Gasteiger partial charge is 0.448 e. The minimum atomic E-state index is -4.45. The smallest absolute Gasteiger partial charge is 0.416 e. The Morgan fingerprint density at radius 3 is 2.76 bits per heavy atom. The molecule has 4 rings (SSSR count). The van der Waals surface area contributed by atoms with E-state index in [0.717, 1.165) is 23.5 Å². The molecule has 0 bridgehead atoms. The number of fused-ring (bicyclic) bond motifs is 1. The summed E-state index contributed by atoms with van der Waals surface area (Å²) in [7, 11) is 0. The summed E-state index contributed by atoms with van der Waals surface area (Å²) in [5, 5.41) is 4.32. The maximum Gasteiger partial charge on any atom is 0.416 e. The quantitative estimate of drug-likeness (QED) is 0.634. The third-order valence-electron chi connectivity index (χ3n) is 4.40. The number of nitrogens with one attached hydrogen (secondary N) is 1. The zero-order chi connectivity index (χ0) is 20.6. The molecule has 1 aromatic heterocycles. The number of thiazole rings is 1. The number of hydrogen-bond donors (Lipinski definition) is 1. The molecule has 148 valence electrons. The first-order valence-corrected chi connectivity index (χ1v) is 9.42. The zero-order valence-electron chi connectivity index (χ0n) is 14.7. The molecule has 1 aliphatic heterocycles. The van der Waals surface area contributed by atoms with E-state index in [0.29, 0.717) is 16.8 Å². The van der Waals surface area contributed by atoms with Crippen LogP contribution in [0.5, 0.6) is 0 Å². The number of anilines is 1. The number of hydrogen-bond acceptors (Lipinski definition) is 5. The maximum absolute atomic E-state index is 12.9. The van der Waals surface area contributed by atoms with E-state index in [1.165, 1.54) is 12.1 Å². The van der Waals surface area contributed by atoms with Crippen LogP contribution in [-0.4, -0.2) is 23.0 Å². The molecule has 0 saturated heterocycles. The fourth-order valence-electron chi connectivity index (χ4n) is 2.98. The Kier molecular flexibility index (Phi) is 4.83. The lowest BCUT2D eigenvalue weighted by Crippen LogP contribution is -2.37. The number of carbonyl (C=O) groups excluding carboxylic acids is 2. The molecule has 9 heteroatoms. The Hall–Kier alpha value is -3.20. The van der Waals surface area contributed by atoms with Crippen molar-refractivity contribution in [2.24, 2.45) is 0 Å². The molecule has 1 aliphatic rings. The first-order chi connectivity index (χ1) is 13.8. The third-order valence-corrected chi connectivity index (χ3v) is 5.16. The molecule has 3 aromatic rings. The van der Waals surface area contributed by atoms with Crippen LogP contribution in [0.15, 0.2) is 53.9 Å². The van der Waals surface area contributed by atoms with Crippen molar-refractivity contribution in [3.05, 3.63) is 70.6 Å². The Morgan fingerprint density at radius 1 is 1.17 bits per heavy atom. The number of rotatable bonds is 3. The topological polar surface area (TPSA) is 68.3 Å². The van der Waals surface area contributed by atoms with Gasteiger partial charge in [-0.1, -0.05) is 30.3 Å². The molecule has 0 unspecified atom stereocenters. The van der Waals surface area contributed by atoms with E-state index >= 15 is 0 Å². The number of amides is 1. The van der Waals surface area contributed by atoms with Crippen molar-refractivity contribution < 1.29 is 27.5 Å². The normalized spacial score (nSPS) is 16.1. The lowest BCUT2D eigenvalue weighted by molar-refractivity contribution is -0.137. The standard InChI is InChI=1S/C20H13F3N2O3S/c21-20(22,23)13-6-3-5-12(8-13)15-10-29-19(24-15)25-17(26)16-9-11-4-1-2-7-14(11)18(27)28-16/h1-8,10,16H,9H2,(H,24,25,26)/t16-/m0/s1. The highest BCUT2D eigenvalue weighted by atomic mass is 32.1. The van der Waals surface area contributed by atoms with Crippen LogP contribution in [0.25, 0.3) is 11.3 Å². The summed E-state index contributed by atoms with van der Waals surface area (Å²) in [5.74, 6) is -1.12. The van der Waals surface area contributed by atoms with Gasteiger partial charge in [-0.25, -0.2) is 9.78 Å². The highest BCUT2D eigenvalue weighted by Gasteiger charge is 2.32. The fourth-order valence-corrected chi connectivity index (χ4v) is 3.70. The lowest BCUT2D eigenvalue weighted by Gasteiger charge is -2.23. The zero-order valence-corrected chi connectivity index (χ0v) is 15.5. The average Bonchev–Trinajstić information content (AvgIpc) is 3.16. The molecule has 0 fully saturated rings. The van der Waals surface area contributed by atoms with Gasteiger partial charge >= 0.3 is 12.1 Å². The van der Waals surface area contributed by atoms with Crippen molar-refractivity contribution in [1.82, 2.24) is 4.98 Å². The summed E-state index contributed by atoms with van der Waals surface area (Å²) in [6.45, 7) is 0. The van der Waals surface area contributed by atoms with Crippen molar-refractivity contribution in [2.75, 3.05) is 5.32 Å². The molecule has 0 radical (unpaired) electrons. The van der Waals surface area contributed by atoms with Gasteiger partial charge in [-0.15, -0.1) is 11.3 Å². The van der Waals surface area contributed by atoms with E-state index in [1.54, 1.807) is 29.6 Å². The summed E-state index contributed by atoms with van der Waals surface area (Å²) < 4.78 is 43.9. The van der Waals surface area contributed by atoms with Crippen LogP contribution in [0.1, 0.15) is 21.5 Å². The summed E-state index contributed by atoms with van der Waals surface area (Å²) in [6.07, 6.45) is -5.22. The number of cyclic esters (lactones) is 1. The van der Waals surface area contributed by atoms with Gasteiger partial charge in [0.1, 0.15) is 0 Å². The highest BCUT2D eigenvalue weighted by Crippen LogP contribution is 2.33. The molecule has 2 aromatic carbocycles. The molecule has 0 saturated carbocycles. The Bertz CT molecular complexity index is 1090. The summed E-state index contributed by atoms with van der Waals surface area (Å²) in [4.78, 5) is 28.7. The maximum atomic E-state index is 12.9. The van der Waals surface area contributed by atoms with Gasteiger partial charge in [0.25, 0.3) is 5.91 Å². The van der Waals surface area contributed by atoms with E-state index in [1.807, 2.05) is 0 Å². The van der Waals surface area contributed by atoms with E-state index < -0.39 is 29.7 Å². The van der Waals surface area contributed by atoms with Crippen LogP contribution in [0.2, 0.25) is 0 Å². The Balaban J connectivity index is 1.49. The number of nitrogens with zero attached hydrogens (tertiary/aromatic N) is 1. The molecule has 1 atom stereocenters. The second-order valence-corrected chi connectivity index (χ2v) is 7.22. The monoisotopic (exact) mass is 418 g/mol. The molecule has 1 N–H and O–H groups in total. The number of esters is 1. The predicted molar refractivity (Wildman–Crippen MR) is 101 cm³/mol. The van der Waals surface area contributed by atoms with Crippen molar-refractivity contribution in [1.29, 1.82) is 0 Å². The summed E-state index contributed by atoms with van der Waals surface area (Å²) >= 11 is 1.07. The van der Waals surface area contributed by atoms with Crippen LogP contribution in [0.3, 0.4) is 0 Å². The molecule has 1 amide bonds. The molecular weight excluding hydrogens is 405 g/mol. The van der Waals surface area contributed by atoms with Gasteiger partial charge in [-0.05, 0) is 23.8 Å². The first kappa shape index (κ1) is 19.1. The Morgan fingerprint density at radius 2 is 1.97 bits per heavy atom. The van der Waals surface area contributed by atoms with E-state index in [4.69, 9.17) is 4.74 Å². The summed E-state index contributed by atoms with van der Waals surface area (Å²) in [6, 6.07) is 11.7. The second-order valence-electron chi connectivity index (χ2n) is 6.36. The van der Waals surface area contributed by atoms with Gasteiger partial charge in [-0.2, -0.15) is 13.2 Å². The first-order valence-electron chi connectivity index (χ1n) is 8.54. The molecule has 29 heavy (non-hydrogen) atoms. The number of benzene rings is 2. The van der Waals surface area contributed by atoms with Crippen LogP contribution >= 0.6 is 11.3 Å². The molecular formula is C20H13F3N2O3S. The molecule has 0 aliphatic carbocycles. The van der Waals surface area contributed by atoms with E-state index in [2.05, 4.69) is 10.3 Å². The van der Waals surface area contributed by atoms with Crippen LogP contribution in [0, 0.1) is 0 Å². The lowest BCUT2D eigenvalue weighted by atomic mass is 9.98. The van der Waals surface area contributed by atoms with Crippen LogP contribution in [-0.2, 0) is 22.1 Å². The predicted octanol–water partition coefficient (Wildman–Crippen LogP) is 4.55. The minimum Gasteiger partial charge on any atom is -0.448 e. The fraction of sp³-hybridized carbons (Fsp3) is 0.150. The van der Waals surface area contributed by atoms with Crippen molar-refractivity contribution in [3.63, 3.8) is 0 Å². The number of alkyl halides is 3. The highest BCUT2D eigenvalue weighted by molar-refractivity contribution is 7.14. The Labute approximate surface area is 167 Å². The van der Waals surface area contributed by atoms with Crippen molar-refractivity contribution in [3.8, 4) is 11.3 Å². The van der Waals surface area contributed by atoms with Gasteiger partial charge in [0.15, 0.2) is 11.2 Å². The summed E-state index contributed by atoms with van der Waals surface area (Å²) in [5.41, 5.74) is 0.962. The second kappa shape index (κ2) is 7.32. The minimum absolute atomic E-state index is 0.206. The van der Waals surface area contributed by atoms with Crippen molar-refractivity contribution in [2.45, 2.75) is 18.7 Å². The van der Waals surface area contributed by atoms with Crippen molar-refractivity contribution >= 4 is 28.3 Å². The van der Waals surface area contributed by atoms with Gasteiger partial charge in [0.05, 0.1) is 16.8 Å². The number of carbonyl (C=O) groups is 2. The van der Waals surface area contributed by atoms with Gasteiger partial charge in [0, 0.05) is 17.4 Å². The van der Waals surface area contributed by atoms with Gasteiger partial charge < -0.3 is 4.74 Å². The molecule has 5 nitrogen and oxygen atoms in total. The molecule has 2 heterocycles. The van der Waals surface area contributed by atoms with Crippen LogP contribution < -0.4 is 5.32 Å². The number of ether oxygens (including phenoxy) is 1. The third kappa shape index (κ3) is 4.00. The van der Waals surface area contributed by atoms with Gasteiger partial charge in [0.2, 0.25) is 0 Å². The SMILES string of the molecule is O=C1O[C@H](C(=O)Nc2nc(-c3cccc(C(F)(F)F)c3)cs2)Cc2ccccc21. The van der Waals surface area contributed by atoms with E-state index in [9.17, 15) is 22.8 Å². The average molecular weight is 418 g/mol. The number of halogens is 3. The van der Waals surface area contributed by atoms with Crippen LogP contribution in [0.4, 0.5) is 18.3 Å². The molecule has 0 spiro atoms. The number of aromatic nitrogens is 1. The van der Waals surface area contributed by atoms with Gasteiger partial charge in [-0.3, -0.25) is 10.1 Å².